The van der Waals surface area contributed by atoms with Gasteiger partial charge in [0.1, 0.15) is 0 Å². The van der Waals surface area contributed by atoms with Crippen molar-refractivity contribution in [1.82, 2.24) is 10.2 Å². The fourth-order valence-electron chi connectivity index (χ4n) is 1.05. The number of hydrogen-bond acceptors (Lipinski definition) is 5. The predicted molar refractivity (Wildman–Crippen MR) is 70.7 cm³/mol. The quantitative estimate of drug-likeness (QED) is 0.647. The molecule has 2 aromatic rings. The molecule has 2 rings (SSSR count). The Labute approximate surface area is 107 Å². The lowest BCUT2D eigenvalue weighted by Crippen LogP contribution is -2.21. The Hall–Kier alpha value is -1.18. The van der Waals surface area contributed by atoms with Gasteiger partial charge < -0.3 is 11.5 Å². The second-order valence-electron chi connectivity index (χ2n) is 2.86. The normalized spacial score (nSPS) is 9.56. The van der Waals surface area contributed by atoms with Crippen molar-refractivity contribution in [3.63, 3.8) is 0 Å². The monoisotopic (exact) mass is 275 g/mol. The molecule has 0 amide bonds. The first-order valence-electron chi connectivity index (χ1n) is 4.14. The minimum Gasteiger partial charge on any atom is -0.370 e. The third-order valence-corrected chi connectivity index (χ3v) is 3.68. The van der Waals surface area contributed by atoms with Gasteiger partial charge in [-0.3, -0.25) is 0 Å². The fourth-order valence-corrected chi connectivity index (χ4v) is 2.87. The third-order valence-electron chi connectivity index (χ3n) is 1.70. The Morgan fingerprint density at radius 2 is 2.12 bits per heavy atom. The molecule has 0 aliphatic heterocycles. The van der Waals surface area contributed by atoms with Gasteiger partial charge in [0.2, 0.25) is 5.13 Å². The molecular formula is C8H10ClN5S2. The van der Waals surface area contributed by atoms with E-state index in [4.69, 9.17) is 11.5 Å². The van der Waals surface area contributed by atoms with Crippen molar-refractivity contribution >= 4 is 46.2 Å². The standard InChI is InChI=1S/C8H9N5S2.ClH/c1-4-2-3-14-5(4)6-12-13-8(15-6)11-7(9)10;/h2-3H,1H3,(H4,9,10,11,13);1H. The molecule has 2 aromatic heterocycles. The molecule has 4 N–H and O–H groups in total. The van der Waals surface area contributed by atoms with Crippen molar-refractivity contribution in [1.29, 1.82) is 0 Å². The van der Waals surface area contributed by atoms with Gasteiger partial charge >= 0.3 is 0 Å². The third kappa shape index (κ3) is 2.69. The van der Waals surface area contributed by atoms with Crippen LogP contribution in [0.5, 0.6) is 0 Å². The van der Waals surface area contributed by atoms with Crippen LogP contribution in [0, 0.1) is 6.92 Å². The Morgan fingerprint density at radius 1 is 1.38 bits per heavy atom. The highest BCUT2D eigenvalue weighted by Crippen LogP contribution is 2.33. The molecule has 0 spiro atoms. The summed E-state index contributed by atoms with van der Waals surface area (Å²) in [5.41, 5.74) is 11.7. The topological polar surface area (TPSA) is 90.2 Å². The Kier molecular flexibility index (Phi) is 4.22. The molecule has 0 aliphatic carbocycles. The number of hydrogen-bond donors (Lipinski definition) is 2. The SMILES string of the molecule is Cc1ccsc1-c1nnc(N=C(N)N)s1.Cl. The summed E-state index contributed by atoms with van der Waals surface area (Å²) >= 11 is 3.01. The van der Waals surface area contributed by atoms with Crippen molar-refractivity contribution in [3.05, 3.63) is 17.0 Å². The van der Waals surface area contributed by atoms with Gasteiger partial charge in [-0.15, -0.1) is 33.9 Å². The highest BCUT2D eigenvalue weighted by molar-refractivity contribution is 7.22. The molecule has 0 bridgehead atoms. The number of aryl methyl sites for hydroxylation is 1. The minimum atomic E-state index is 0. The van der Waals surface area contributed by atoms with E-state index in [9.17, 15) is 0 Å². The van der Waals surface area contributed by atoms with Crippen molar-refractivity contribution in [2.24, 2.45) is 16.5 Å². The van der Waals surface area contributed by atoms with Gasteiger partial charge in [0.05, 0.1) is 4.88 Å². The molecule has 0 radical (unpaired) electrons. The summed E-state index contributed by atoms with van der Waals surface area (Å²) in [6, 6.07) is 2.04. The first-order chi connectivity index (χ1) is 7.16. The summed E-state index contributed by atoms with van der Waals surface area (Å²) in [6.45, 7) is 2.04. The zero-order valence-corrected chi connectivity index (χ0v) is 10.8. The summed E-state index contributed by atoms with van der Waals surface area (Å²) in [5.74, 6) is 0.000557. The lowest BCUT2D eigenvalue weighted by molar-refractivity contribution is 1.09. The number of aliphatic imine (C=N–C) groups is 1. The number of rotatable bonds is 2. The fraction of sp³-hybridized carbons (Fsp3) is 0.125. The maximum Gasteiger partial charge on any atom is 0.235 e. The Bertz CT molecular complexity index is 500. The molecule has 86 valence electrons. The van der Waals surface area contributed by atoms with E-state index < -0.39 is 0 Å². The van der Waals surface area contributed by atoms with Crippen molar-refractivity contribution in [2.75, 3.05) is 0 Å². The van der Waals surface area contributed by atoms with Gasteiger partial charge in [0, 0.05) is 0 Å². The highest BCUT2D eigenvalue weighted by atomic mass is 35.5. The largest absolute Gasteiger partial charge is 0.370 e. The highest BCUT2D eigenvalue weighted by Gasteiger charge is 2.09. The van der Waals surface area contributed by atoms with Crippen molar-refractivity contribution in [2.45, 2.75) is 6.92 Å². The number of nitrogens with two attached hydrogens (primary N) is 2. The molecule has 0 aliphatic rings. The maximum atomic E-state index is 5.25. The average molecular weight is 276 g/mol. The number of thiophene rings is 1. The Balaban J connectivity index is 0.00000128. The van der Waals surface area contributed by atoms with Crippen LogP contribution in [0.25, 0.3) is 9.88 Å². The summed E-state index contributed by atoms with van der Waals surface area (Å²) in [7, 11) is 0. The van der Waals surface area contributed by atoms with E-state index in [2.05, 4.69) is 15.2 Å². The van der Waals surface area contributed by atoms with E-state index in [1.165, 1.54) is 16.9 Å². The van der Waals surface area contributed by atoms with E-state index in [0.717, 1.165) is 9.88 Å². The van der Waals surface area contributed by atoms with E-state index in [0.29, 0.717) is 5.13 Å². The molecule has 0 atom stereocenters. The van der Waals surface area contributed by atoms with Gasteiger partial charge in [0.15, 0.2) is 11.0 Å². The second kappa shape index (κ2) is 5.24. The van der Waals surface area contributed by atoms with E-state index in [-0.39, 0.29) is 18.4 Å². The van der Waals surface area contributed by atoms with Crippen LogP contribution in [0.2, 0.25) is 0 Å². The van der Waals surface area contributed by atoms with Gasteiger partial charge in [-0.25, -0.2) is 0 Å². The molecule has 16 heavy (non-hydrogen) atoms. The lowest BCUT2D eigenvalue weighted by atomic mass is 10.3. The summed E-state index contributed by atoms with van der Waals surface area (Å²) in [4.78, 5) is 4.96. The molecule has 5 nitrogen and oxygen atoms in total. The smallest absolute Gasteiger partial charge is 0.235 e. The van der Waals surface area contributed by atoms with Crippen LogP contribution in [0.15, 0.2) is 16.4 Å². The number of aromatic nitrogens is 2. The first kappa shape index (κ1) is 12.9. The van der Waals surface area contributed by atoms with E-state index in [1.807, 2.05) is 18.4 Å². The van der Waals surface area contributed by atoms with E-state index in [1.54, 1.807) is 11.3 Å². The van der Waals surface area contributed by atoms with Crippen LogP contribution in [-0.2, 0) is 0 Å². The molecule has 2 heterocycles. The molecule has 0 fully saturated rings. The summed E-state index contributed by atoms with van der Waals surface area (Å²) in [5, 5.41) is 11.3. The van der Waals surface area contributed by atoms with Crippen molar-refractivity contribution < 1.29 is 0 Å². The van der Waals surface area contributed by atoms with Crippen LogP contribution in [-0.4, -0.2) is 16.2 Å². The zero-order valence-electron chi connectivity index (χ0n) is 8.38. The molecule has 0 saturated carbocycles. The van der Waals surface area contributed by atoms with Gasteiger partial charge in [0.25, 0.3) is 0 Å². The minimum absolute atomic E-state index is 0. The maximum absolute atomic E-state index is 5.25. The van der Waals surface area contributed by atoms with Gasteiger partial charge in [-0.1, -0.05) is 11.3 Å². The number of halogens is 1. The van der Waals surface area contributed by atoms with Crippen LogP contribution in [0.1, 0.15) is 5.56 Å². The molecule has 0 unspecified atom stereocenters. The number of guanidine groups is 1. The summed E-state index contributed by atoms with van der Waals surface area (Å²) < 4.78 is 0. The average Bonchev–Trinajstić information content (AvgIpc) is 2.72. The second-order valence-corrected chi connectivity index (χ2v) is 4.73. The van der Waals surface area contributed by atoms with Gasteiger partial charge in [-0.05, 0) is 23.9 Å². The predicted octanol–water partition coefficient (Wildman–Crippen LogP) is 1.90. The van der Waals surface area contributed by atoms with E-state index >= 15 is 0 Å². The van der Waals surface area contributed by atoms with Gasteiger partial charge in [-0.2, -0.15) is 4.99 Å². The number of nitrogens with zero attached hydrogens (tertiary/aromatic N) is 3. The van der Waals surface area contributed by atoms with Crippen molar-refractivity contribution in [3.8, 4) is 9.88 Å². The molecule has 8 heteroatoms. The molecule has 0 aromatic carbocycles. The van der Waals surface area contributed by atoms with Crippen LogP contribution in [0.4, 0.5) is 5.13 Å². The first-order valence-corrected chi connectivity index (χ1v) is 5.84. The molecular weight excluding hydrogens is 266 g/mol. The van der Waals surface area contributed by atoms with Crippen LogP contribution < -0.4 is 11.5 Å². The summed E-state index contributed by atoms with van der Waals surface area (Å²) in [6.07, 6.45) is 0. The van der Waals surface area contributed by atoms with Crippen LogP contribution in [0.3, 0.4) is 0 Å². The van der Waals surface area contributed by atoms with Crippen LogP contribution >= 0.6 is 35.1 Å². The zero-order chi connectivity index (χ0) is 10.8. The Morgan fingerprint density at radius 3 is 2.69 bits per heavy atom. The lowest BCUT2D eigenvalue weighted by Gasteiger charge is -1.89. The molecule has 0 saturated heterocycles.